The Morgan fingerprint density at radius 2 is 1.79 bits per heavy atom. The number of hydrogen-bond acceptors (Lipinski definition) is 4. The second-order valence-electron chi connectivity index (χ2n) is 8.38. The van der Waals surface area contributed by atoms with Crippen molar-refractivity contribution in [1.29, 1.82) is 0 Å². The van der Waals surface area contributed by atoms with Gasteiger partial charge in [-0.25, -0.2) is 0 Å². The maximum atomic E-state index is 11.3. The maximum Gasteiger partial charge on any atom is 0.306 e. The van der Waals surface area contributed by atoms with Gasteiger partial charge in [0.1, 0.15) is 6.10 Å². The van der Waals surface area contributed by atoms with Crippen molar-refractivity contribution in [3.8, 4) is 0 Å². The van der Waals surface area contributed by atoms with E-state index in [-0.39, 0.29) is 12.1 Å². The van der Waals surface area contributed by atoms with Crippen LogP contribution in [0.2, 0.25) is 0 Å². The molecular weight excluding hydrogens is 360 g/mol. The van der Waals surface area contributed by atoms with Gasteiger partial charge in [0, 0.05) is 38.3 Å². The lowest BCUT2D eigenvalue weighted by Gasteiger charge is -2.36. The van der Waals surface area contributed by atoms with Gasteiger partial charge < -0.3 is 9.64 Å². The molecule has 4 nitrogen and oxygen atoms in total. The van der Waals surface area contributed by atoms with Crippen molar-refractivity contribution < 1.29 is 9.53 Å². The fourth-order valence-electron chi connectivity index (χ4n) is 4.38. The van der Waals surface area contributed by atoms with Crippen LogP contribution in [0.15, 0.2) is 48.5 Å². The molecule has 2 aromatic rings. The molecular formula is C25H32N2O2. The molecule has 2 aliphatic heterocycles. The minimum atomic E-state index is -0.0706. The van der Waals surface area contributed by atoms with Crippen molar-refractivity contribution >= 4 is 11.7 Å². The predicted molar refractivity (Wildman–Crippen MR) is 117 cm³/mol. The van der Waals surface area contributed by atoms with Gasteiger partial charge in [0.2, 0.25) is 0 Å². The van der Waals surface area contributed by atoms with E-state index in [9.17, 15) is 4.79 Å². The lowest BCUT2D eigenvalue weighted by molar-refractivity contribution is -0.141. The largest absolute Gasteiger partial charge is 0.457 e. The Kier molecular flexibility index (Phi) is 6.50. The van der Waals surface area contributed by atoms with Crippen LogP contribution in [-0.4, -0.2) is 43.6 Å². The molecule has 0 aliphatic carbocycles. The topological polar surface area (TPSA) is 32.8 Å². The van der Waals surface area contributed by atoms with Crippen molar-refractivity contribution in [2.24, 2.45) is 0 Å². The zero-order valence-corrected chi connectivity index (χ0v) is 17.5. The number of carbonyl (C=O) groups is 1. The maximum absolute atomic E-state index is 11.3. The molecule has 4 rings (SSSR count). The Hall–Kier alpha value is -2.33. The molecule has 0 N–H and O–H groups in total. The van der Waals surface area contributed by atoms with Crippen LogP contribution in [0.25, 0.3) is 0 Å². The van der Waals surface area contributed by atoms with Crippen LogP contribution in [0.1, 0.15) is 48.5 Å². The zero-order chi connectivity index (χ0) is 20.1. The number of hydrogen-bond donors (Lipinski definition) is 0. The number of piperazine rings is 1. The lowest BCUT2D eigenvalue weighted by atomic mass is 10.0. The normalized spacial score (nSPS) is 20.1. The van der Waals surface area contributed by atoms with Crippen LogP contribution >= 0.6 is 0 Å². The third-order valence-corrected chi connectivity index (χ3v) is 6.16. The highest BCUT2D eigenvalue weighted by molar-refractivity contribution is 5.71. The number of rotatable bonds is 7. The van der Waals surface area contributed by atoms with E-state index in [0.29, 0.717) is 6.42 Å². The van der Waals surface area contributed by atoms with Crippen LogP contribution in [0, 0.1) is 6.92 Å². The number of nitrogens with zero attached hydrogens (tertiary/aromatic N) is 2. The molecule has 2 heterocycles. The Labute approximate surface area is 174 Å². The summed E-state index contributed by atoms with van der Waals surface area (Å²) >= 11 is 0. The lowest BCUT2D eigenvalue weighted by Crippen LogP contribution is -2.46. The van der Waals surface area contributed by atoms with Gasteiger partial charge in [0.25, 0.3) is 0 Å². The summed E-state index contributed by atoms with van der Waals surface area (Å²) in [5.41, 5.74) is 5.20. The Bertz CT molecular complexity index is 810. The molecule has 0 bridgehead atoms. The minimum absolute atomic E-state index is 0.0324. The van der Waals surface area contributed by atoms with E-state index >= 15 is 0 Å². The molecule has 0 radical (unpaired) electrons. The van der Waals surface area contributed by atoms with Crippen LogP contribution in [0.4, 0.5) is 5.69 Å². The second kappa shape index (κ2) is 9.45. The van der Waals surface area contributed by atoms with E-state index in [1.807, 2.05) is 0 Å². The summed E-state index contributed by atoms with van der Waals surface area (Å²) in [6, 6.07) is 17.5. The average Bonchev–Trinajstić information content (AvgIpc) is 3.18. The smallest absolute Gasteiger partial charge is 0.306 e. The van der Waals surface area contributed by atoms with Crippen molar-refractivity contribution in [3.63, 3.8) is 0 Å². The quantitative estimate of drug-likeness (QED) is 0.512. The monoisotopic (exact) mass is 392 g/mol. The first-order valence-electron chi connectivity index (χ1n) is 11.0. The highest BCUT2D eigenvalue weighted by Gasteiger charge is 2.24. The first kappa shape index (κ1) is 20.0. The summed E-state index contributed by atoms with van der Waals surface area (Å²) < 4.78 is 5.35. The molecule has 0 aromatic heterocycles. The van der Waals surface area contributed by atoms with Gasteiger partial charge in [-0.2, -0.15) is 0 Å². The Balaban J connectivity index is 1.15. The summed E-state index contributed by atoms with van der Waals surface area (Å²) in [7, 11) is 0. The number of unbranched alkanes of at least 4 members (excludes halogenated alkanes) is 1. The van der Waals surface area contributed by atoms with E-state index in [4.69, 9.17) is 4.74 Å². The number of benzene rings is 2. The fraction of sp³-hybridized carbons (Fsp3) is 0.480. The van der Waals surface area contributed by atoms with Crippen molar-refractivity contribution in [2.75, 3.05) is 37.6 Å². The molecule has 2 saturated heterocycles. The second-order valence-corrected chi connectivity index (χ2v) is 8.38. The van der Waals surface area contributed by atoms with Crippen LogP contribution < -0.4 is 4.90 Å². The average molecular weight is 393 g/mol. The molecule has 2 aliphatic rings. The summed E-state index contributed by atoms with van der Waals surface area (Å²) in [5.74, 6) is -0.0706. The third-order valence-electron chi connectivity index (χ3n) is 6.16. The summed E-state index contributed by atoms with van der Waals surface area (Å²) in [4.78, 5) is 16.4. The molecule has 0 spiro atoms. The fourth-order valence-corrected chi connectivity index (χ4v) is 4.38. The number of esters is 1. The van der Waals surface area contributed by atoms with E-state index in [1.165, 1.54) is 36.2 Å². The van der Waals surface area contributed by atoms with Crippen molar-refractivity contribution in [3.05, 3.63) is 65.2 Å². The standard InChI is InChI=1S/C25H32N2O2/c1-20-5-4-7-23(19-20)27-17-15-26(16-18-27)14-3-2-6-21-8-10-22(11-9-21)24-12-13-25(28)29-24/h4-5,7-11,19,24H,2-3,6,12-18H2,1H3. The van der Waals surface area contributed by atoms with Gasteiger partial charge in [0.05, 0.1) is 0 Å². The third kappa shape index (κ3) is 5.39. The molecule has 1 atom stereocenters. The van der Waals surface area contributed by atoms with Crippen LogP contribution in [-0.2, 0) is 16.0 Å². The van der Waals surface area contributed by atoms with E-state index in [0.717, 1.165) is 44.6 Å². The minimum Gasteiger partial charge on any atom is -0.457 e. The molecule has 0 amide bonds. The van der Waals surface area contributed by atoms with Crippen molar-refractivity contribution in [1.82, 2.24) is 4.90 Å². The van der Waals surface area contributed by atoms with Crippen LogP contribution in [0.3, 0.4) is 0 Å². The summed E-state index contributed by atoms with van der Waals surface area (Å²) in [5, 5.41) is 0. The van der Waals surface area contributed by atoms with Gasteiger partial charge in [0.15, 0.2) is 0 Å². The van der Waals surface area contributed by atoms with E-state index < -0.39 is 0 Å². The van der Waals surface area contributed by atoms with Gasteiger partial charge in [-0.05, 0) is 68.0 Å². The highest BCUT2D eigenvalue weighted by Crippen LogP contribution is 2.29. The van der Waals surface area contributed by atoms with E-state index in [2.05, 4.69) is 65.3 Å². The molecule has 2 fully saturated rings. The van der Waals surface area contributed by atoms with Gasteiger partial charge in [-0.1, -0.05) is 36.4 Å². The SMILES string of the molecule is Cc1cccc(N2CCN(CCCCc3ccc(C4CCC(=O)O4)cc3)CC2)c1. The number of aryl methyl sites for hydroxylation is 2. The molecule has 154 valence electrons. The Morgan fingerprint density at radius 1 is 1.00 bits per heavy atom. The summed E-state index contributed by atoms with van der Waals surface area (Å²) in [6.07, 6.45) is 4.91. The van der Waals surface area contributed by atoms with Crippen LogP contribution in [0.5, 0.6) is 0 Å². The molecule has 0 saturated carbocycles. The van der Waals surface area contributed by atoms with Crippen molar-refractivity contribution in [2.45, 2.75) is 45.1 Å². The molecule has 1 unspecified atom stereocenters. The van der Waals surface area contributed by atoms with E-state index in [1.54, 1.807) is 0 Å². The van der Waals surface area contributed by atoms with Gasteiger partial charge in [-0.15, -0.1) is 0 Å². The van der Waals surface area contributed by atoms with Gasteiger partial charge in [-0.3, -0.25) is 9.69 Å². The zero-order valence-electron chi connectivity index (χ0n) is 17.5. The molecule has 4 heteroatoms. The highest BCUT2D eigenvalue weighted by atomic mass is 16.5. The van der Waals surface area contributed by atoms with Gasteiger partial charge >= 0.3 is 5.97 Å². The molecule has 29 heavy (non-hydrogen) atoms. The number of ether oxygens (including phenoxy) is 1. The Morgan fingerprint density at radius 3 is 2.48 bits per heavy atom. The number of cyclic esters (lactones) is 1. The number of carbonyl (C=O) groups excluding carboxylic acids is 1. The number of anilines is 1. The summed E-state index contributed by atoms with van der Waals surface area (Å²) in [6.45, 7) is 7.91. The molecule has 2 aromatic carbocycles. The first-order chi connectivity index (χ1) is 14.2. The first-order valence-corrected chi connectivity index (χ1v) is 11.0. The predicted octanol–water partition coefficient (Wildman–Crippen LogP) is 4.52.